The highest BCUT2D eigenvalue weighted by Gasteiger charge is 2.12. The lowest BCUT2D eigenvalue weighted by atomic mass is 10.2. The lowest BCUT2D eigenvalue weighted by molar-refractivity contribution is 0.0953. The molecule has 4 N–H and O–H groups in total. The summed E-state index contributed by atoms with van der Waals surface area (Å²) in [7, 11) is 0. The first-order valence-corrected chi connectivity index (χ1v) is 6.62. The largest absolute Gasteiger partial charge is 0.455 e. The van der Waals surface area contributed by atoms with Crippen LogP contribution in [-0.4, -0.2) is 18.4 Å². The number of hydrogen-bond donors (Lipinski definition) is 3. The molecule has 1 heterocycles. The molecule has 0 saturated heterocycles. The Morgan fingerprint density at radius 1 is 1.19 bits per heavy atom. The molecule has 0 aliphatic carbocycles. The monoisotopic (exact) mass is 287 g/mol. The van der Waals surface area contributed by atoms with Gasteiger partial charge in [-0.1, -0.05) is 6.07 Å². The number of carbonyl (C=O) groups is 2. The topological polar surface area (TPSA) is 97.4 Å². The highest BCUT2D eigenvalue weighted by atomic mass is 16.4. The van der Waals surface area contributed by atoms with Crippen LogP contribution in [0.2, 0.25) is 0 Å². The molecule has 0 unspecified atom stereocenters. The molecule has 2 aromatic rings. The molecule has 0 fully saturated rings. The first-order chi connectivity index (χ1) is 10.1. The van der Waals surface area contributed by atoms with Gasteiger partial charge >= 0.3 is 0 Å². The van der Waals surface area contributed by atoms with Gasteiger partial charge in [-0.25, -0.2) is 0 Å². The maximum atomic E-state index is 12.0. The second-order valence-electron chi connectivity index (χ2n) is 4.36. The van der Waals surface area contributed by atoms with Crippen LogP contribution in [0.4, 0.5) is 5.69 Å². The van der Waals surface area contributed by atoms with Gasteiger partial charge in [-0.3, -0.25) is 9.59 Å². The minimum absolute atomic E-state index is 0.180. The molecule has 6 heteroatoms. The maximum absolute atomic E-state index is 12.0. The molecular weight excluding hydrogens is 270 g/mol. The predicted octanol–water partition coefficient (Wildman–Crippen LogP) is 1.74. The number of furan rings is 1. The number of nitrogens with one attached hydrogen (secondary N) is 2. The fourth-order valence-electron chi connectivity index (χ4n) is 1.80. The number of benzene rings is 1. The third-order valence-corrected chi connectivity index (χ3v) is 2.81. The standard InChI is InChI=1S/C15H17N3O3/c1-2-17-14(19)10-4-3-5-11(8-10)18-15(20)13-7-6-12(9-16)21-13/h3-8H,2,9,16H2,1H3,(H,17,19)(H,18,20). The zero-order valence-corrected chi connectivity index (χ0v) is 11.7. The van der Waals surface area contributed by atoms with Crippen molar-refractivity contribution >= 4 is 17.5 Å². The molecule has 2 amide bonds. The van der Waals surface area contributed by atoms with Crippen LogP contribution >= 0.6 is 0 Å². The second kappa shape index (κ2) is 6.71. The zero-order chi connectivity index (χ0) is 15.2. The average Bonchev–Trinajstić information content (AvgIpc) is 2.97. The SMILES string of the molecule is CCNC(=O)c1cccc(NC(=O)c2ccc(CN)o2)c1. The van der Waals surface area contributed by atoms with Crippen LogP contribution in [0.5, 0.6) is 0 Å². The highest BCUT2D eigenvalue weighted by Crippen LogP contribution is 2.14. The maximum Gasteiger partial charge on any atom is 0.291 e. The zero-order valence-electron chi connectivity index (χ0n) is 11.7. The van der Waals surface area contributed by atoms with Gasteiger partial charge in [-0.15, -0.1) is 0 Å². The normalized spacial score (nSPS) is 10.2. The van der Waals surface area contributed by atoms with Crippen molar-refractivity contribution in [2.75, 3.05) is 11.9 Å². The Morgan fingerprint density at radius 3 is 2.67 bits per heavy atom. The molecule has 0 bridgehead atoms. The smallest absolute Gasteiger partial charge is 0.291 e. The molecule has 1 aromatic carbocycles. The number of anilines is 1. The minimum atomic E-state index is -0.386. The van der Waals surface area contributed by atoms with Gasteiger partial charge in [0.05, 0.1) is 6.54 Å². The van der Waals surface area contributed by atoms with Crippen molar-refractivity contribution in [2.45, 2.75) is 13.5 Å². The van der Waals surface area contributed by atoms with Crippen LogP contribution in [0.1, 0.15) is 33.6 Å². The average molecular weight is 287 g/mol. The molecule has 0 aliphatic rings. The van der Waals surface area contributed by atoms with Crippen molar-refractivity contribution in [1.82, 2.24) is 5.32 Å². The van der Waals surface area contributed by atoms with Crippen LogP contribution in [0.3, 0.4) is 0 Å². The molecular formula is C15H17N3O3. The van der Waals surface area contributed by atoms with Crippen molar-refractivity contribution in [1.29, 1.82) is 0 Å². The molecule has 1 aromatic heterocycles. The van der Waals surface area contributed by atoms with Crippen molar-refractivity contribution in [3.05, 3.63) is 53.5 Å². The van der Waals surface area contributed by atoms with Gasteiger partial charge in [0.2, 0.25) is 0 Å². The van der Waals surface area contributed by atoms with E-state index in [2.05, 4.69) is 10.6 Å². The predicted molar refractivity (Wildman–Crippen MR) is 79.0 cm³/mol. The first-order valence-electron chi connectivity index (χ1n) is 6.62. The van der Waals surface area contributed by atoms with Gasteiger partial charge in [0.1, 0.15) is 5.76 Å². The molecule has 0 saturated carbocycles. The number of carbonyl (C=O) groups excluding carboxylic acids is 2. The fourth-order valence-corrected chi connectivity index (χ4v) is 1.80. The number of amides is 2. The molecule has 0 radical (unpaired) electrons. The Labute approximate surface area is 122 Å². The van der Waals surface area contributed by atoms with Gasteiger partial charge in [0, 0.05) is 17.8 Å². The third kappa shape index (κ3) is 3.70. The Balaban J connectivity index is 2.10. The van der Waals surface area contributed by atoms with Crippen LogP contribution in [-0.2, 0) is 6.54 Å². The van der Waals surface area contributed by atoms with Gasteiger partial charge < -0.3 is 20.8 Å². The second-order valence-corrected chi connectivity index (χ2v) is 4.36. The molecule has 110 valence electrons. The Kier molecular flexibility index (Phi) is 4.73. The van der Waals surface area contributed by atoms with Crippen LogP contribution in [0.15, 0.2) is 40.8 Å². The van der Waals surface area contributed by atoms with E-state index in [1.807, 2.05) is 6.92 Å². The number of nitrogens with two attached hydrogens (primary N) is 1. The van der Waals surface area contributed by atoms with E-state index >= 15 is 0 Å². The first kappa shape index (κ1) is 14.8. The summed E-state index contributed by atoms with van der Waals surface area (Å²) in [5.41, 5.74) is 6.43. The van der Waals surface area contributed by atoms with E-state index in [4.69, 9.17) is 10.2 Å². The van der Waals surface area contributed by atoms with Gasteiger partial charge in [0.15, 0.2) is 5.76 Å². The lowest BCUT2D eigenvalue weighted by Crippen LogP contribution is -2.22. The fraction of sp³-hybridized carbons (Fsp3) is 0.200. The summed E-state index contributed by atoms with van der Waals surface area (Å²) in [5.74, 6) is 0.148. The van der Waals surface area contributed by atoms with E-state index in [9.17, 15) is 9.59 Å². The molecule has 21 heavy (non-hydrogen) atoms. The van der Waals surface area contributed by atoms with E-state index in [1.54, 1.807) is 36.4 Å². The third-order valence-electron chi connectivity index (χ3n) is 2.81. The molecule has 6 nitrogen and oxygen atoms in total. The van der Waals surface area contributed by atoms with E-state index in [0.29, 0.717) is 23.6 Å². The van der Waals surface area contributed by atoms with Gasteiger partial charge in [0.25, 0.3) is 11.8 Å². The van der Waals surface area contributed by atoms with E-state index < -0.39 is 0 Å². The summed E-state index contributed by atoms with van der Waals surface area (Å²) in [6, 6.07) is 9.90. The summed E-state index contributed by atoms with van der Waals surface area (Å²) >= 11 is 0. The van der Waals surface area contributed by atoms with E-state index in [1.165, 1.54) is 0 Å². The van der Waals surface area contributed by atoms with Crippen molar-refractivity contribution in [3.63, 3.8) is 0 Å². The molecule has 0 spiro atoms. The summed E-state index contributed by atoms with van der Waals surface area (Å²) in [6.45, 7) is 2.62. The Morgan fingerprint density at radius 2 is 2.00 bits per heavy atom. The lowest BCUT2D eigenvalue weighted by Gasteiger charge is -2.06. The highest BCUT2D eigenvalue weighted by molar-refractivity contribution is 6.03. The van der Waals surface area contributed by atoms with E-state index in [0.717, 1.165) is 0 Å². The van der Waals surface area contributed by atoms with Crippen molar-refractivity contribution < 1.29 is 14.0 Å². The van der Waals surface area contributed by atoms with Crippen LogP contribution in [0.25, 0.3) is 0 Å². The molecule has 2 rings (SSSR count). The quantitative estimate of drug-likeness (QED) is 0.780. The van der Waals surface area contributed by atoms with Crippen molar-refractivity contribution in [3.8, 4) is 0 Å². The summed E-state index contributed by atoms with van der Waals surface area (Å²) < 4.78 is 5.27. The molecule has 0 atom stereocenters. The Hall–Kier alpha value is -2.60. The molecule has 0 aliphatic heterocycles. The number of rotatable bonds is 5. The summed E-state index contributed by atoms with van der Waals surface area (Å²) in [5, 5.41) is 5.38. The minimum Gasteiger partial charge on any atom is -0.455 e. The van der Waals surface area contributed by atoms with Gasteiger partial charge in [-0.05, 0) is 37.3 Å². The number of hydrogen-bond acceptors (Lipinski definition) is 4. The van der Waals surface area contributed by atoms with Gasteiger partial charge in [-0.2, -0.15) is 0 Å². The van der Waals surface area contributed by atoms with Crippen LogP contribution < -0.4 is 16.4 Å². The Bertz CT molecular complexity index is 649. The summed E-state index contributed by atoms with van der Waals surface area (Å²) in [6.07, 6.45) is 0. The van der Waals surface area contributed by atoms with Crippen LogP contribution in [0, 0.1) is 0 Å². The van der Waals surface area contributed by atoms with E-state index in [-0.39, 0.29) is 24.1 Å². The van der Waals surface area contributed by atoms with Crippen molar-refractivity contribution in [2.24, 2.45) is 5.73 Å². The summed E-state index contributed by atoms with van der Waals surface area (Å²) in [4.78, 5) is 23.7.